The molecule has 0 saturated heterocycles. The van der Waals surface area contributed by atoms with Gasteiger partial charge in [-0.25, -0.2) is 4.21 Å². The first kappa shape index (κ1) is 19.2. The number of hydrogen-bond donors (Lipinski definition) is 0. The van der Waals surface area contributed by atoms with Gasteiger partial charge in [0.05, 0.1) is 41.4 Å². The van der Waals surface area contributed by atoms with Crippen LogP contribution in [0.1, 0.15) is 50.2 Å². The molecule has 0 N–H and O–H groups in total. The molecular formula is C20H23N3O3S. The van der Waals surface area contributed by atoms with Crippen LogP contribution in [-0.2, 0) is 11.0 Å². The molecule has 0 fully saturated rings. The Bertz CT molecular complexity index is 902. The van der Waals surface area contributed by atoms with Crippen molar-refractivity contribution < 1.29 is 13.7 Å². The molecule has 0 aliphatic carbocycles. The van der Waals surface area contributed by atoms with Gasteiger partial charge in [-0.15, -0.1) is 0 Å². The fraction of sp³-hybridized carbons (Fsp3) is 0.350. The van der Waals surface area contributed by atoms with Gasteiger partial charge in [-0.3, -0.25) is 9.97 Å². The molecule has 27 heavy (non-hydrogen) atoms. The van der Waals surface area contributed by atoms with E-state index in [9.17, 15) is 4.21 Å². The van der Waals surface area contributed by atoms with Crippen molar-refractivity contribution in [2.75, 3.05) is 7.11 Å². The Kier molecular flexibility index (Phi) is 5.41. The van der Waals surface area contributed by atoms with E-state index in [1.807, 2.05) is 39.0 Å². The number of hydrogen-bond acceptors (Lipinski definition) is 5. The lowest BCUT2D eigenvalue weighted by Crippen LogP contribution is -2.25. The third kappa shape index (κ3) is 4.24. The first-order chi connectivity index (χ1) is 12.8. The Labute approximate surface area is 162 Å². The van der Waals surface area contributed by atoms with Crippen molar-refractivity contribution in [3.05, 3.63) is 54.1 Å². The molecular weight excluding hydrogens is 362 g/mol. The SMILES string of the molecule is C=Cc1cnc([C@H]2C/C(=N\S(=O)C(C)(C)C)c3ccc(OC)cc3O2)cn1. The lowest BCUT2D eigenvalue weighted by atomic mass is 9.98. The molecule has 3 rings (SSSR count). The second-order valence-corrected chi connectivity index (χ2v) is 9.05. The molecule has 2 aromatic rings. The second-order valence-electron chi connectivity index (χ2n) is 7.14. The van der Waals surface area contributed by atoms with Gasteiger partial charge in [-0.2, -0.15) is 4.40 Å². The van der Waals surface area contributed by atoms with E-state index in [0.717, 1.165) is 11.3 Å². The van der Waals surface area contributed by atoms with E-state index in [2.05, 4.69) is 20.9 Å². The zero-order valence-electron chi connectivity index (χ0n) is 15.9. The van der Waals surface area contributed by atoms with Gasteiger partial charge in [0.25, 0.3) is 0 Å². The maximum Gasteiger partial charge on any atom is 0.148 e. The second kappa shape index (κ2) is 7.60. The summed E-state index contributed by atoms with van der Waals surface area (Å²) in [5.41, 5.74) is 2.93. The van der Waals surface area contributed by atoms with Gasteiger partial charge < -0.3 is 9.47 Å². The van der Waals surface area contributed by atoms with Crippen molar-refractivity contribution in [3.63, 3.8) is 0 Å². The largest absolute Gasteiger partial charge is 0.497 e. The van der Waals surface area contributed by atoms with E-state index in [1.54, 1.807) is 25.6 Å². The van der Waals surface area contributed by atoms with Crippen molar-refractivity contribution in [1.29, 1.82) is 0 Å². The average molecular weight is 385 g/mol. The first-order valence-corrected chi connectivity index (χ1v) is 9.71. The highest BCUT2D eigenvalue weighted by Crippen LogP contribution is 2.37. The Morgan fingerprint density at radius 2 is 2.11 bits per heavy atom. The van der Waals surface area contributed by atoms with Gasteiger partial charge >= 0.3 is 0 Å². The van der Waals surface area contributed by atoms with Crippen molar-refractivity contribution in [3.8, 4) is 11.5 Å². The molecule has 142 valence electrons. The molecule has 1 aliphatic heterocycles. The highest BCUT2D eigenvalue weighted by molar-refractivity contribution is 7.85. The van der Waals surface area contributed by atoms with Crippen LogP contribution < -0.4 is 9.47 Å². The third-order valence-corrected chi connectivity index (χ3v) is 5.53. The topological polar surface area (TPSA) is 73.7 Å². The summed E-state index contributed by atoms with van der Waals surface area (Å²) in [5, 5.41) is 0. The Morgan fingerprint density at radius 3 is 2.70 bits per heavy atom. The highest BCUT2D eigenvalue weighted by atomic mass is 32.2. The number of benzene rings is 1. The minimum absolute atomic E-state index is 0.369. The summed E-state index contributed by atoms with van der Waals surface area (Å²) in [7, 11) is 0.229. The molecule has 1 unspecified atom stereocenters. The molecule has 1 aromatic carbocycles. The maximum absolute atomic E-state index is 12.6. The molecule has 0 bridgehead atoms. The van der Waals surface area contributed by atoms with Crippen LogP contribution in [-0.4, -0.2) is 31.7 Å². The van der Waals surface area contributed by atoms with E-state index in [-0.39, 0.29) is 6.10 Å². The predicted octanol–water partition coefficient (Wildman–Crippen LogP) is 3.90. The van der Waals surface area contributed by atoms with Gasteiger partial charge in [-0.05, 0) is 39.0 Å². The molecule has 0 amide bonds. The monoisotopic (exact) mass is 385 g/mol. The molecule has 1 aliphatic rings. The normalized spacial score (nSPS) is 19.1. The van der Waals surface area contributed by atoms with E-state index in [4.69, 9.17) is 9.47 Å². The summed E-state index contributed by atoms with van der Waals surface area (Å²) in [6, 6.07) is 5.54. The van der Waals surface area contributed by atoms with Crippen LogP contribution in [0.4, 0.5) is 0 Å². The van der Waals surface area contributed by atoms with Crippen LogP contribution in [0.3, 0.4) is 0 Å². The Morgan fingerprint density at radius 1 is 1.33 bits per heavy atom. The summed E-state index contributed by atoms with van der Waals surface area (Å²) < 4.78 is 28.1. The third-order valence-electron chi connectivity index (χ3n) is 4.10. The lowest BCUT2D eigenvalue weighted by Gasteiger charge is -2.27. The molecule has 2 heterocycles. The van der Waals surface area contributed by atoms with Gasteiger partial charge in [-0.1, -0.05) is 6.58 Å². The summed E-state index contributed by atoms with van der Waals surface area (Å²) in [6.45, 7) is 9.39. The zero-order valence-corrected chi connectivity index (χ0v) is 16.7. The number of rotatable bonds is 4. The lowest BCUT2D eigenvalue weighted by molar-refractivity contribution is 0.200. The van der Waals surface area contributed by atoms with Gasteiger partial charge in [0.2, 0.25) is 0 Å². The number of fused-ring (bicyclic) bond motifs is 1. The number of nitrogens with zero attached hydrogens (tertiary/aromatic N) is 3. The predicted molar refractivity (Wildman–Crippen MR) is 108 cm³/mol. The van der Waals surface area contributed by atoms with Crippen molar-refractivity contribution in [1.82, 2.24) is 9.97 Å². The molecule has 0 saturated carbocycles. The average Bonchev–Trinajstić information content (AvgIpc) is 2.66. The number of ether oxygens (including phenoxy) is 2. The van der Waals surface area contributed by atoms with Gasteiger partial charge in [0.15, 0.2) is 0 Å². The van der Waals surface area contributed by atoms with Crippen LogP contribution in [0.2, 0.25) is 0 Å². The molecule has 2 atom stereocenters. The minimum atomic E-state index is -1.37. The van der Waals surface area contributed by atoms with Crippen molar-refractivity contribution >= 4 is 22.8 Å². The van der Waals surface area contributed by atoms with E-state index in [1.165, 1.54) is 0 Å². The van der Waals surface area contributed by atoms with Gasteiger partial charge in [0.1, 0.15) is 28.6 Å². The summed E-state index contributed by atoms with van der Waals surface area (Å²) >= 11 is 0. The smallest absolute Gasteiger partial charge is 0.148 e. The standard InChI is InChI=1S/C20H23N3O3S/c1-6-13-11-22-17(12-21-13)19-10-16(23-27(24)20(2,3)4)15-8-7-14(25-5)9-18(15)26-19/h6-9,11-12,19H,1,10H2,2-5H3/b23-16+/t19-,27?/m1/s1. The van der Waals surface area contributed by atoms with Crippen LogP contribution in [0.15, 0.2) is 41.6 Å². The molecule has 7 heteroatoms. The summed E-state index contributed by atoms with van der Waals surface area (Å²) in [5.74, 6) is 1.31. The molecule has 0 spiro atoms. The maximum atomic E-state index is 12.6. The fourth-order valence-corrected chi connectivity index (χ4v) is 3.20. The quantitative estimate of drug-likeness (QED) is 0.798. The van der Waals surface area contributed by atoms with E-state index < -0.39 is 15.7 Å². The fourth-order valence-electron chi connectivity index (χ4n) is 2.55. The van der Waals surface area contributed by atoms with Crippen LogP contribution >= 0.6 is 0 Å². The molecule has 0 radical (unpaired) electrons. The summed E-state index contributed by atoms with van der Waals surface area (Å²) in [6.07, 6.45) is 5.05. The van der Waals surface area contributed by atoms with Crippen molar-refractivity contribution in [2.24, 2.45) is 4.40 Å². The summed E-state index contributed by atoms with van der Waals surface area (Å²) in [4.78, 5) is 8.73. The van der Waals surface area contributed by atoms with Crippen LogP contribution in [0.25, 0.3) is 6.08 Å². The van der Waals surface area contributed by atoms with Gasteiger partial charge in [0, 0.05) is 18.1 Å². The Hall–Kier alpha value is -2.54. The van der Waals surface area contributed by atoms with Crippen molar-refractivity contribution in [2.45, 2.75) is 38.0 Å². The first-order valence-electron chi connectivity index (χ1n) is 8.61. The zero-order chi connectivity index (χ0) is 19.6. The number of methoxy groups -OCH3 is 1. The molecule has 6 nitrogen and oxygen atoms in total. The molecule has 1 aromatic heterocycles. The Balaban J connectivity index is 2.03. The minimum Gasteiger partial charge on any atom is -0.497 e. The van der Waals surface area contributed by atoms with E-state index in [0.29, 0.717) is 29.3 Å². The van der Waals surface area contributed by atoms with Crippen LogP contribution in [0, 0.1) is 0 Å². The van der Waals surface area contributed by atoms with E-state index >= 15 is 0 Å². The highest BCUT2D eigenvalue weighted by Gasteiger charge is 2.30. The van der Waals surface area contributed by atoms with Crippen LogP contribution in [0.5, 0.6) is 11.5 Å². The number of aromatic nitrogens is 2.